The smallest absolute Gasteiger partial charge is 0.338 e. The number of halogens is 1. The van der Waals surface area contributed by atoms with Gasteiger partial charge in [0.1, 0.15) is 11.9 Å². The fourth-order valence-electron chi connectivity index (χ4n) is 7.35. The highest BCUT2D eigenvalue weighted by molar-refractivity contribution is 9.10. The second kappa shape index (κ2) is 8.17. The molecular formula is C25H31BrO3. The highest BCUT2D eigenvalue weighted by Crippen LogP contribution is 2.57. The van der Waals surface area contributed by atoms with E-state index >= 15 is 0 Å². The number of rotatable bonds is 2. The van der Waals surface area contributed by atoms with Crippen LogP contribution < -0.4 is 0 Å². The minimum Gasteiger partial charge on any atom is -0.459 e. The maximum atomic E-state index is 12.5. The second-order valence-electron chi connectivity index (χ2n) is 9.96. The van der Waals surface area contributed by atoms with Gasteiger partial charge in [0, 0.05) is 17.3 Å². The lowest BCUT2D eigenvalue weighted by atomic mass is 9.51. The molecule has 4 saturated carbocycles. The summed E-state index contributed by atoms with van der Waals surface area (Å²) in [5.74, 6) is 5.05. The number of ketones is 1. The standard InChI is InChI=1S/C25H31BrO3/c26-18-5-1-15(2-6-18)25(28)29-20-8-12-22-17(14-20)4-10-23-21-11-7-19(27)13-16(21)3-9-24(22)23/h1-2,5-6,16-17,20-24H,3-4,7-14H2/t16-,17-,20+,21+,22-,23-,24+/m1/s1. The molecule has 0 radical (unpaired) electrons. The molecule has 4 fully saturated rings. The average Bonchev–Trinajstić information content (AvgIpc) is 2.73. The molecule has 0 heterocycles. The van der Waals surface area contributed by atoms with Crippen LogP contribution in [-0.4, -0.2) is 17.9 Å². The van der Waals surface area contributed by atoms with Crippen molar-refractivity contribution in [2.75, 3.05) is 0 Å². The van der Waals surface area contributed by atoms with Crippen molar-refractivity contribution in [3.8, 4) is 0 Å². The molecule has 4 aliphatic carbocycles. The SMILES string of the molecule is O=C1CC[C@H]2[C@H](CC[C@@H]3[C@@H]2CC[C@@H]2C[C@@H](OC(=O)c4ccc(Br)cc4)CC[C@H]23)C1. The third kappa shape index (κ3) is 3.94. The van der Waals surface area contributed by atoms with Crippen LogP contribution in [0.15, 0.2) is 28.7 Å². The molecule has 4 heteroatoms. The molecule has 0 bridgehead atoms. The molecule has 0 amide bonds. The Balaban J connectivity index is 1.21. The van der Waals surface area contributed by atoms with Gasteiger partial charge in [-0.15, -0.1) is 0 Å². The maximum absolute atomic E-state index is 12.5. The number of Topliss-reactive ketones (excluding diaryl/α,β-unsaturated/α-hetero) is 1. The first-order valence-corrected chi connectivity index (χ1v) is 12.4. The molecule has 1 aromatic rings. The third-order valence-corrected chi connectivity index (χ3v) is 9.12. The molecule has 0 unspecified atom stereocenters. The molecule has 1 aromatic carbocycles. The Bertz CT molecular complexity index is 773. The lowest BCUT2D eigenvalue weighted by Crippen LogP contribution is -2.48. The largest absolute Gasteiger partial charge is 0.459 e. The van der Waals surface area contributed by atoms with E-state index < -0.39 is 0 Å². The average molecular weight is 459 g/mol. The van der Waals surface area contributed by atoms with Crippen molar-refractivity contribution >= 4 is 27.7 Å². The molecular weight excluding hydrogens is 428 g/mol. The quantitative estimate of drug-likeness (QED) is 0.495. The summed E-state index contributed by atoms with van der Waals surface area (Å²) in [7, 11) is 0. The number of hydrogen-bond donors (Lipinski definition) is 0. The maximum Gasteiger partial charge on any atom is 0.338 e. The van der Waals surface area contributed by atoms with Crippen LogP contribution in [0.2, 0.25) is 0 Å². The van der Waals surface area contributed by atoms with Gasteiger partial charge in [-0.25, -0.2) is 4.79 Å². The summed E-state index contributed by atoms with van der Waals surface area (Å²) >= 11 is 3.41. The van der Waals surface area contributed by atoms with Crippen molar-refractivity contribution in [3.05, 3.63) is 34.3 Å². The first-order valence-electron chi connectivity index (χ1n) is 11.6. The van der Waals surface area contributed by atoms with Crippen molar-refractivity contribution in [2.24, 2.45) is 35.5 Å². The van der Waals surface area contributed by atoms with Crippen LogP contribution in [0.25, 0.3) is 0 Å². The van der Waals surface area contributed by atoms with Crippen molar-refractivity contribution in [3.63, 3.8) is 0 Å². The zero-order chi connectivity index (χ0) is 20.0. The second-order valence-corrected chi connectivity index (χ2v) is 10.9. The Morgan fingerprint density at radius 3 is 2.24 bits per heavy atom. The predicted octanol–water partition coefficient (Wildman–Crippen LogP) is 6.20. The van der Waals surface area contributed by atoms with Crippen molar-refractivity contribution in [2.45, 2.75) is 70.3 Å². The van der Waals surface area contributed by atoms with E-state index in [1.54, 1.807) is 0 Å². The lowest BCUT2D eigenvalue weighted by molar-refractivity contribution is -0.127. The molecule has 0 aromatic heterocycles. The third-order valence-electron chi connectivity index (χ3n) is 8.59. The van der Waals surface area contributed by atoms with Gasteiger partial charge in [-0.1, -0.05) is 15.9 Å². The number of benzene rings is 1. The van der Waals surface area contributed by atoms with Gasteiger partial charge in [-0.3, -0.25) is 4.79 Å². The molecule has 0 spiro atoms. The number of ether oxygens (including phenoxy) is 1. The van der Waals surface area contributed by atoms with Crippen molar-refractivity contribution in [1.29, 1.82) is 0 Å². The van der Waals surface area contributed by atoms with Gasteiger partial charge in [0.25, 0.3) is 0 Å². The molecule has 4 aliphatic rings. The fraction of sp³-hybridized carbons (Fsp3) is 0.680. The van der Waals surface area contributed by atoms with E-state index in [4.69, 9.17) is 4.74 Å². The molecule has 3 nitrogen and oxygen atoms in total. The molecule has 0 N–H and O–H groups in total. The van der Waals surface area contributed by atoms with E-state index in [1.807, 2.05) is 24.3 Å². The van der Waals surface area contributed by atoms with Gasteiger partial charge in [-0.05, 0) is 111 Å². The minimum absolute atomic E-state index is 0.0765. The summed E-state index contributed by atoms with van der Waals surface area (Å²) in [5.41, 5.74) is 0.643. The summed E-state index contributed by atoms with van der Waals surface area (Å²) in [6.45, 7) is 0. The summed E-state index contributed by atoms with van der Waals surface area (Å²) in [6, 6.07) is 7.45. The molecule has 5 rings (SSSR count). The van der Waals surface area contributed by atoms with Crippen molar-refractivity contribution < 1.29 is 14.3 Å². The number of fused-ring (bicyclic) bond motifs is 5. The minimum atomic E-state index is -0.179. The highest BCUT2D eigenvalue weighted by Gasteiger charge is 2.49. The summed E-state index contributed by atoms with van der Waals surface area (Å²) in [5, 5.41) is 0. The number of esters is 1. The van der Waals surface area contributed by atoms with Crippen LogP contribution in [-0.2, 0) is 9.53 Å². The van der Waals surface area contributed by atoms with Crippen LogP contribution in [0.5, 0.6) is 0 Å². The van der Waals surface area contributed by atoms with Gasteiger partial charge in [-0.2, -0.15) is 0 Å². The lowest BCUT2D eigenvalue weighted by Gasteiger charge is -2.54. The van der Waals surface area contributed by atoms with Crippen molar-refractivity contribution in [1.82, 2.24) is 0 Å². The molecule has 156 valence electrons. The van der Waals surface area contributed by atoms with Crippen LogP contribution in [0.1, 0.15) is 74.6 Å². The summed E-state index contributed by atoms with van der Waals surface area (Å²) in [4.78, 5) is 24.4. The van der Waals surface area contributed by atoms with Crippen LogP contribution in [0.3, 0.4) is 0 Å². The number of carbonyl (C=O) groups is 2. The van der Waals surface area contributed by atoms with E-state index in [9.17, 15) is 9.59 Å². The van der Waals surface area contributed by atoms with E-state index in [2.05, 4.69) is 15.9 Å². The molecule has 0 aliphatic heterocycles. The zero-order valence-electron chi connectivity index (χ0n) is 17.0. The Kier molecular flexibility index (Phi) is 5.57. The van der Waals surface area contributed by atoms with E-state index in [-0.39, 0.29) is 12.1 Å². The first-order chi connectivity index (χ1) is 14.1. The molecule has 7 atom stereocenters. The number of hydrogen-bond acceptors (Lipinski definition) is 3. The molecule has 29 heavy (non-hydrogen) atoms. The van der Waals surface area contributed by atoms with E-state index in [0.29, 0.717) is 17.3 Å². The highest BCUT2D eigenvalue weighted by atomic mass is 79.9. The zero-order valence-corrected chi connectivity index (χ0v) is 18.6. The monoisotopic (exact) mass is 458 g/mol. The van der Waals surface area contributed by atoms with Crippen LogP contribution in [0, 0.1) is 35.5 Å². The Morgan fingerprint density at radius 1 is 0.828 bits per heavy atom. The number of carbonyl (C=O) groups excluding carboxylic acids is 2. The van der Waals surface area contributed by atoms with E-state index in [0.717, 1.165) is 66.2 Å². The summed E-state index contributed by atoms with van der Waals surface area (Å²) < 4.78 is 6.88. The first kappa shape index (κ1) is 19.8. The normalized spacial score (nSPS) is 39.1. The Morgan fingerprint density at radius 2 is 1.48 bits per heavy atom. The van der Waals surface area contributed by atoms with Gasteiger partial charge < -0.3 is 4.74 Å². The predicted molar refractivity (Wildman–Crippen MR) is 115 cm³/mol. The van der Waals surface area contributed by atoms with Crippen LogP contribution >= 0.6 is 15.9 Å². The van der Waals surface area contributed by atoms with Gasteiger partial charge >= 0.3 is 5.97 Å². The fourth-order valence-corrected chi connectivity index (χ4v) is 7.61. The Labute approximate surface area is 182 Å². The molecule has 0 saturated heterocycles. The topological polar surface area (TPSA) is 43.4 Å². The van der Waals surface area contributed by atoms with Crippen LogP contribution in [0.4, 0.5) is 0 Å². The Hall–Kier alpha value is -1.16. The van der Waals surface area contributed by atoms with Gasteiger partial charge in [0.05, 0.1) is 5.56 Å². The van der Waals surface area contributed by atoms with Gasteiger partial charge in [0.2, 0.25) is 0 Å². The van der Waals surface area contributed by atoms with E-state index in [1.165, 1.54) is 32.1 Å². The summed E-state index contributed by atoms with van der Waals surface area (Å²) in [6.07, 6.45) is 11.4. The van der Waals surface area contributed by atoms with Gasteiger partial charge in [0.15, 0.2) is 0 Å².